The average Bonchev–Trinajstić information content (AvgIpc) is 2.59. The van der Waals surface area contributed by atoms with Gasteiger partial charge in [-0.2, -0.15) is 0 Å². The maximum Gasteiger partial charge on any atom is 0.243 e. The lowest BCUT2D eigenvalue weighted by molar-refractivity contribution is -0.883. The lowest BCUT2D eigenvalue weighted by Gasteiger charge is -2.32. The molecule has 0 aliphatic carbocycles. The van der Waals surface area contributed by atoms with Crippen molar-refractivity contribution in [1.29, 1.82) is 0 Å². The molecule has 1 saturated heterocycles. The van der Waals surface area contributed by atoms with E-state index in [-0.39, 0.29) is 12.5 Å². The molecule has 6 nitrogen and oxygen atoms in total. The largest absolute Gasteiger partial charge is 0.334 e. The molecule has 3 rings (SSSR count). The summed E-state index contributed by atoms with van der Waals surface area (Å²) in [5.41, 5.74) is 0.550. The standard InChI is InChI=1S/C18H23N3O3S/c1-19-10-12-20(13-11-19)18(22)14-21(25(2,23)24)17-9-5-7-15-6-3-4-8-16(15)17/h3-9H,10-14H2,1-2H3/p+1. The van der Waals surface area contributed by atoms with E-state index in [2.05, 4.69) is 7.05 Å². The van der Waals surface area contributed by atoms with Crippen LogP contribution in [0.25, 0.3) is 10.8 Å². The minimum atomic E-state index is -3.57. The number of anilines is 1. The Kier molecular flexibility index (Phi) is 4.96. The summed E-state index contributed by atoms with van der Waals surface area (Å²) in [6.45, 7) is 2.94. The molecule has 25 heavy (non-hydrogen) atoms. The number of nitrogens with zero attached hydrogens (tertiary/aromatic N) is 2. The highest BCUT2D eigenvalue weighted by molar-refractivity contribution is 7.92. The molecular weight excluding hydrogens is 338 g/mol. The van der Waals surface area contributed by atoms with Crippen LogP contribution in [0.3, 0.4) is 0 Å². The molecule has 1 fully saturated rings. The summed E-state index contributed by atoms with van der Waals surface area (Å²) < 4.78 is 26.0. The third kappa shape index (κ3) is 3.93. The number of rotatable bonds is 4. The average molecular weight is 362 g/mol. The number of benzene rings is 2. The summed E-state index contributed by atoms with van der Waals surface area (Å²) in [7, 11) is -1.48. The van der Waals surface area contributed by atoms with E-state index in [1.165, 1.54) is 9.21 Å². The summed E-state index contributed by atoms with van der Waals surface area (Å²) in [4.78, 5) is 15.8. The van der Waals surface area contributed by atoms with Crippen molar-refractivity contribution in [3.05, 3.63) is 42.5 Å². The quantitative estimate of drug-likeness (QED) is 0.830. The number of piperazine rings is 1. The lowest BCUT2D eigenvalue weighted by Crippen LogP contribution is -3.12. The number of amides is 1. The lowest BCUT2D eigenvalue weighted by atomic mass is 10.1. The third-order valence-electron chi connectivity index (χ3n) is 4.68. The minimum Gasteiger partial charge on any atom is -0.334 e. The molecule has 1 N–H and O–H groups in total. The second-order valence-corrected chi connectivity index (χ2v) is 8.51. The molecule has 1 heterocycles. The van der Waals surface area contributed by atoms with Gasteiger partial charge in [0.05, 0.1) is 45.2 Å². The Morgan fingerprint density at radius 1 is 1.12 bits per heavy atom. The first kappa shape index (κ1) is 17.7. The van der Waals surface area contributed by atoms with E-state index in [4.69, 9.17) is 0 Å². The van der Waals surface area contributed by atoms with Gasteiger partial charge >= 0.3 is 0 Å². The van der Waals surface area contributed by atoms with Crippen LogP contribution in [0.4, 0.5) is 5.69 Å². The van der Waals surface area contributed by atoms with Gasteiger partial charge in [0.15, 0.2) is 0 Å². The molecule has 134 valence electrons. The SMILES string of the molecule is C[NH+]1CCN(C(=O)CN(c2cccc3ccccc23)S(C)(=O)=O)CC1. The van der Waals surface area contributed by atoms with E-state index < -0.39 is 10.0 Å². The molecule has 0 radical (unpaired) electrons. The van der Waals surface area contributed by atoms with E-state index in [0.717, 1.165) is 30.1 Å². The third-order valence-corrected chi connectivity index (χ3v) is 5.81. The van der Waals surface area contributed by atoms with Gasteiger partial charge in [0.1, 0.15) is 6.54 Å². The fraction of sp³-hybridized carbons (Fsp3) is 0.389. The molecule has 2 aromatic rings. The van der Waals surface area contributed by atoms with Crippen LogP contribution in [0.2, 0.25) is 0 Å². The second-order valence-electron chi connectivity index (χ2n) is 6.61. The molecule has 1 aliphatic rings. The number of carbonyl (C=O) groups is 1. The molecule has 1 aliphatic heterocycles. The van der Waals surface area contributed by atoms with Crippen LogP contribution in [-0.4, -0.2) is 65.3 Å². The molecule has 2 aromatic carbocycles. The van der Waals surface area contributed by atoms with Crippen LogP contribution in [-0.2, 0) is 14.8 Å². The van der Waals surface area contributed by atoms with Gasteiger partial charge in [0.2, 0.25) is 15.9 Å². The Morgan fingerprint density at radius 2 is 1.76 bits per heavy atom. The number of hydrogen-bond acceptors (Lipinski definition) is 3. The Hall–Kier alpha value is -2.12. The van der Waals surface area contributed by atoms with Gasteiger partial charge in [0.25, 0.3) is 0 Å². The van der Waals surface area contributed by atoms with Crippen LogP contribution >= 0.6 is 0 Å². The zero-order valence-corrected chi connectivity index (χ0v) is 15.4. The molecule has 0 saturated carbocycles. The molecule has 0 spiro atoms. The summed E-state index contributed by atoms with van der Waals surface area (Å²) in [5.74, 6) is -0.147. The normalized spacial score (nSPS) is 16.2. The Balaban J connectivity index is 1.92. The first-order valence-corrected chi connectivity index (χ1v) is 10.3. The summed E-state index contributed by atoms with van der Waals surface area (Å²) in [6.07, 6.45) is 1.15. The van der Waals surface area contributed by atoms with E-state index >= 15 is 0 Å². The van der Waals surface area contributed by atoms with E-state index in [1.54, 1.807) is 11.0 Å². The molecule has 1 amide bonds. The molecule has 0 aromatic heterocycles. The maximum atomic E-state index is 12.7. The van der Waals surface area contributed by atoms with Crippen LogP contribution in [0.1, 0.15) is 0 Å². The number of sulfonamides is 1. The Labute approximate surface area is 148 Å². The van der Waals surface area contributed by atoms with Crippen LogP contribution < -0.4 is 9.21 Å². The van der Waals surface area contributed by atoms with E-state index in [1.807, 2.05) is 36.4 Å². The summed E-state index contributed by atoms with van der Waals surface area (Å²) in [6, 6.07) is 13.1. The first-order chi connectivity index (χ1) is 11.9. The molecule has 0 bridgehead atoms. The van der Waals surface area contributed by atoms with Gasteiger partial charge in [-0.3, -0.25) is 9.10 Å². The molecule has 7 heteroatoms. The van der Waals surface area contributed by atoms with Gasteiger partial charge < -0.3 is 9.80 Å². The zero-order chi connectivity index (χ0) is 18.0. The topological polar surface area (TPSA) is 62.1 Å². The fourth-order valence-corrected chi connectivity index (χ4v) is 4.03. The Morgan fingerprint density at radius 3 is 2.44 bits per heavy atom. The van der Waals surface area contributed by atoms with Gasteiger partial charge in [-0.15, -0.1) is 0 Å². The predicted octanol–water partition coefficient (Wildman–Crippen LogP) is -0.0373. The van der Waals surface area contributed by atoms with Crippen LogP contribution in [0.5, 0.6) is 0 Å². The van der Waals surface area contributed by atoms with Gasteiger partial charge in [-0.25, -0.2) is 8.42 Å². The Bertz CT molecular complexity index is 869. The highest BCUT2D eigenvalue weighted by Gasteiger charge is 2.27. The number of quaternary nitrogens is 1. The van der Waals surface area contributed by atoms with Crippen molar-refractivity contribution in [3.63, 3.8) is 0 Å². The van der Waals surface area contributed by atoms with Crippen molar-refractivity contribution < 1.29 is 18.1 Å². The van der Waals surface area contributed by atoms with Crippen molar-refractivity contribution in [2.24, 2.45) is 0 Å². The van der Waals surface area contributed by atoms with E-state index in [0.29, 0.717) is 18.8 Å². The molecular formula is C18H24N3O3S+. The number of likely N-dealkylation sites (N-methyl/N-ethyl adjacent to an activating group) is 1. The fourth-order valence-electron chi connectivity index (χ4n) is 3.17. The highest BCUT2D eigenvalue weighted by atomic mass is 32.2. The number of nitrogens with one attached hydrogen (secondary N) is 1. The number of hydrogen-bond donors (Lipinski definition) is 1. The van der Waals surface area contributed by atoms with E-state index in [9.17, 15) is 13.2 Å². The zero-order valence-electron chi connectivity index (χ0n) is 14.6. The van der Waals surface area contributed by atoms with Crippen molar-refractivity contribution in [3.8, 4) is 0 Å². The summed E-state index contributed by atoms with van der Waals surface area (Å²) >= 11 is 0. The minimum absolute atomic E-state index is 0.147. The maximum absolute atomic E-state index is 12.7. The van der Waals surface area contributed by atoms with Crippen LogP contribution in [0, 0.1) is 0 Å². The van der Waals surface area contributed by atoms with Gasteiger partial charge in [-0.1, -0.05) is 36.4 Å². The number of fused-ring (bicyclic) bond motifs is 1. The predicted molar refractivity (Wildman–Crippen MR) is 99.3 cm³/mol. The molecule has 0 atom stereocenters. The highest BCUT2D eigenvalue weighted by Crippen LogP contribution is 2.28. The van der Waals surface area contributed by atoms with Crippen molar-refractivity contribution >= 4 is 32.4 Å². The molecule has 0 unspecified atom stereocenters. The second kappa shape index (κ2) is 7.01. The van der Waals surface area contributed by atoms with Gasteiger partial charge in [0, 0.05) is 5.39 Å². The summed E-state index contributed by atoms with van der Waals surface area (Å²) in [5, 5.41) is 1.77. The monoisotopic (exact) mass is 362 g/mol. The first-order valence-electron chi connectivity index (χ1n) is 8.41. The smallest absolute Gasteiger partial charge is 0.243 e. The van der Waals surface area contributed by atoms with Crippen molar-refractivity contribution in [2.75, 3.05) is 50.3 Å². The number of carbonyl (C=O) groups excluding carboxylic acids is 1. The van der Waals surface area contributed by atoms with Crippen molar-refractivity contribution in [2.45, 2.75) is 0 Å². The van der Waals surface area contributed by atoms with Gasteiger partial charge in [-0.05, 0) is 11.5 Å². The van der Waals surface area contributed by atoms with Crippen LogP contribution in [0.15, 0.2) is 42.5 Å². The van der Waals surface area contributed by atoms with Crippen molar-refractivity contribution in [1.82, 2.24) is 4.90 Å².